The van der Waals surface area contributed by atoms with E-state index in [1.54, 1.807) is 37.3 Å². The van der Waals surface area contributed by atoms with Crippen molar-refractivity contribution in [2.45, 2.75) is 59.2 Å². The fourth-order valence-corrected chi connectivity index (χ4v) is 4.62. The maximum absolute atomic E-state index is 13.6. The minimum atomic E-state index is -3.76. The lowest BCUT2D eigenvalue weighted by molar-refractivity contribution is -0.139. The van der Waals surface area contributed by atoms with Crippen molar-refractivity contribution in [1.82, 2.24) is 10.2 Å². The molecule has 0 saturated heterocycles. The number of hydrogen-bond donors (Lipinski definition) is 1. The molecular formula is C25H34ClN3O4S. The zero-order valence-electron chi connectivity index (χ0n) is 20.4. The summed E-state index contributed by atoms with van der Waals surface area (Å²) < 4.78 is 26.5. The van der Waals surface area contributed by atoms with E-state index in [2.05, 4.69) is 5.32 Å². The molecule has 0 spiro atoms. The van der Waals surface area contributed by atoms with Crippen LogP contribution in [0, 0.1) is 0 Å². The molecule has 0 aliphatic heterocycles. The van der Waals surface area contributed by atoms with Gasteiger partial charge in [-0.25, -0.2) is 8.42 Å². The van der Waals surface area contributed by atoms with Gasteiger partial charge in [-0.3, -0.25) is 13.9 Å². The Bertz CT molecular complexity index is 1110. The Morgan fingerprint density at radius 1 is 1.06 bits per heavy atom. The van der Waals surface area contributed by atoms with Gasteiger partial charge in [0.1, 0.15) is 12.6 Å². The van der Waals surface area contributed by atoms with Crippen molar-refractivity contribution in [3.8, 4) is 0 Å². The number of para-hydroxylation sites is 1. The number of hydrogen-bond acceptors (Lipinski definition) is 4. The molecule has 0 fully saturated rings. The summed E-state index contributed by atoms with van der Waals surface area (Å²) in [5.74, 6) is -0.785. The number of nitrogens with one attached hydrogen (secondary N) is 1. The summed E-state index contributed by atoms with van der Waals surface area (Å²) in [4.78, 5) is 27.9. The predicted octanol–water partition coefficient (Wildman–Crippen LogP) is 4.00. The third-order valence-corrected chi connectivity index (χ3v) is 7.09. The van der Waals surface area contributed by atoms with Crippen molar-refractivity contribution >= 4 is 39.1 Å². The van der Waals surface area contributed by atoms with Gasteiger partial charge in [0.2, 0.25) is 21.8 Å². The van der Waals surface area contributed by atoms with Gasteiger partial charge in [0.15, 0.2) is 0 Å². The minimum Gasteiger partial charge on any atom is -0.352 e. The molecule has 0 bridgehead atoms. The average Bonchev–Trinajstić information content (AvgIpc) is 2.79. The van der Waals surface area contributed by atoms with E-state index in [9.17, 15) is 18.0 Å². The quantitative estimate of drug-likeness (QED) is 0.498. The van der Waals surface area contributed by atoms with Crippen molar-refractivity contribution in [2.75, 3.05) is 17.1 Å². The van der Waals surface area contributed by atoms with Crippen LogP contribution in [0.2, 0.25) is 5.02 Å². The summed E-state index contributed by atoms with van der Waals surface area (Å²) in [5, 5.41) is 3.41. The van der Waals surface area contributed by atoms with Crippen molar-refractivity contribution in [1.29, 1.82) is 0 Å². The molecule has 2 aromatic rings. The van der Waals surface area contributed by atoms with Gasteiger partial charge in [0, 0.05) is 17.6 Å². The first-order valence-electron chi connectivity index (χ1n) is 11.4. The van der Waals surface area contributed by atoms with Gasteiger partial charge in [0.25, 0.3) is 0 Å². The second kappa shape index (κ2) is 12.2. The normalized spacial score (nSPS) is 13.1. The van der Waals surface area contributed by atoms with Crippen LogP contribution in [0.4, 0.5) is 5.69 Å². The van der Waals surface area contributed by atoms with Gasteiger partial charge in [-0.2, -0.15) is 0 Å². The molecule has 2 rings (SSSR count). The molecular weight excluding hydrogens is 474 g/mol. The molecule has 7 nitrogen and oxygen atoms in total. The molecule has 34 heavy (non-hydrogen) atoms. The Hall–Kier alpha value is -2.58. The molecule has 2 amide bonds. The summed E-state index contributed by atoms with van der Waals surface area (Å²) in [6.07, 6.45) is 2.43. The van der Waals surface area contributed by atoms with E-state index in [0.29, 0.717) is 17.1 Å². The van der Waals surface area contributed by atoms with E-state index in [-0.39, 0.29) is 18.5 Å². The van der Waals surface area contributed by atoms with Crippen LogP contribution in [0.25, 0.3) is 0 Å². The van der Waals surface area contributed by atoms with Crippen LogP contribution in [0.15, 0.2) is 48.5 Å². The standard InChI is InChI=1S/C25H34ClN3O4S/c1-6-18(3)27-25(31)19(4)28(16-20-11-10-13-22(26)15-20)24(30)17-29(34(5,32)33)23-14-9-8-12-21(23)7-2/h8-15,18-19H,6-7,16-17H2,1-5H3,(H,27,31)/t18-,19-/m0/s1. The van der Waals surface area contributed by atoms with Gasteiger partial charge in [-0.05, 0) is 56.0 Å². The van der Waals surface area contributed by atoms with Gasteiger partial charge in [-0.1, -0.05) is 55.8 Å². The average molecular weight is 508 g/mol. The number of anilines is 1. The summed E-state index contributed by atoms with van der Waals surface area (Å²) in [7, 11) is -3.76. The Morgan fingerprint density at radius 2 is 1.74 bits per heavy atom. The molecule has 2 atom stereocenters. The summed E-state index contributed by atoms with van der Waals surface area (Å²) >= 11 is 6.12. The molecule has 9 heteroatoms. The zero-order chi connectivity index (χ0) is 25.5. The Labute approximate surface area is 208 Å². The van der Waals surface area contributed by atoms with Crippen LogP contribution in [-0.2, 0) is 32.6 Å². The highest BCUT2D eigenvalue weighted by molar-refractivity contribution is 7.92. The van der Waals surface area contributed by atoms with Gasteiger partial charge < -0.3 is 10.2 Å². The van der Waals surface area contributed by atoms with Crippen molar-refractivity contribution in [2.24, 2.45) is 0 Å². The van der Waals surface area contributed by atoms with E-state index in [1.165, 1.54) is 4.90 Å². The molecule has 2 aromatic carbocycles. The summed E-state index contributed by atoms with van der Waals surface area (Å²) in [5.41, 5.74) is 2.01. The van der Waals surface area contributed by atoms with Gasteiger partial charge in [-0.15, -0.1) is 0 Å². The van der Waals surface area contributed by atoms with E-state index >= 15 is 0 Å². The highest BCUT2D eigenvalue weighted by Gasteiger charge is 2.31. The molecule has 0 heterocycles. The number of amides is 2. The molecule has 1 N–H and O–H groups in total. The molecule has 0 unspecified atom stereocenters. The number of halogens is 1. The Kier molecular flexibility index (Phi) is 9.94. The summed E-state index contributed by atoms with van der Waals surface area (Å²) in [6, 6.07) is 13.3. The minimum absolute atomic E-state index is 0.0537. The number of benzene rings is 2. The van der Waals surface area contributed by atoms with Gasteiger partial charge >= 0.3 is 0 Å². The fourth-order valence-electron chi connectivity index (χ4n) is 3.53. The van der Waals surface area contributed by atoms with Crippen LogP contribution < -0.4 is 9.62 Å². The lowest BCUT2D eigenvalue weighted by atomic mass is 10.1. The Balaban J connectivity index is 2.42. The van der Waals surface area contributed by atoms with Gasteiger partial charge in [0.05, 0.1) is 11.9 Å². The number of nitrogens with zero attached hydrogens (tertiary/aromatic N) is 2. The molecule has 0 saturated carbocycles. The van der Waals surface area contributed by atoms with Crippen molar-refractivity contribution in [3.05, 3.63) is 64.7 Å². The molecule has 0 aromatic heterocycles. The molecule has 0 radical (unpaired) electrons. The van der Waals surface area contributed by atoms with E-state index in [1.807, 2.05) is 39.0 Å². The topological polar surface area (TPSA) is 86.8 Å². The molecule has 0 aliphatic rings. The maximum atomic E-state index is 13.6. The van der Waals surface area contributed by atoms with Crippen LogP contribution in [0.5, 0.6) is 0 Å². The third kappa shape index (κ3) is 7.46. The largest absolute Gasteiger partial charge is 0.352 e. The second-order valence-corrected chi connectivity index (χ2v) is 10.7. The summed E-state index contributed by atoms with van der Waals surface area (Å²) in [6.45, 7) is 7.11. The van der Waals surface area contributed by atoms with Crippen LogP contribution in [0.3, 0.4) is 0 Å². The van der Waals surface area contributed by atoms with Crippen molar-refractivity contribution in [3.63, 3.8) is 0 Å². The lowest BCUT2D eigenvalue weighted by Gasteiger charge is -2.32. The van der Waals surface area contributed by atoms with Crippen LogP contribution in [-0.4, -0.2) is 50.0 Å². The first kappa shape index (κ1) is 27.7. The highest BCUT2D eigenvalue weighted by atomic mass is 35.5. The van der Waals surface area contributed by atoms with E-state index in [4.69, 9.17) is 11.6 Å². The Morgan fingerprint density at radius 3 is 2.32 bits per heavy atom. The monoisotopic (exact) mass is 507 g/mol. The van der Waals surface area contributed by atoms with Crippen LogP contribution in [0.1, 0.15) is 45.2 Å². The van der Waals surface area contributed by atoms with Crippen molar-refractivity contribution < 1.29 is 18.0 Å². The highest BCUT2D eigenvalue weighted by Crippen LogP contribution is 2.24. The third-order valence-electron chi connectivity index (χ3n) is 5.73. The SMILES string of the molecule is CCc1ccccc1N(CC(=O)N(Cc1cccc(Cl)c1)[C@@H](C)C(=O)N[C@@H](C)CC)S(C)(=O)=O. The number of rotatable bonds is 11. The van der Waals surface area contributed by atoms with E-state index < -0.39 is 28.5 Å². The van der Waals surface area contributed by atoms with Crippen LogP contribution >= 0.6 is 11.6 Å². The molecule has 186 valence electrons. The second-order valence-electron chi connectivity index (χ2n) is 8.40. The number of sulfonamides is 1. The van der Waals surface area contributed by atoms with E-state index in [0.717, 1.165) is 28.1 Å². The number of carbonyl (C=O) groups is 2. The molecule has 0 aliphatic carbocycles. The lowest BCUT2D eigenvalue weighted by Crippen LogP contribution is -2.52. The maximum Gasteiger partial charge on any atom is 0.244 e. The fraction of sp³-hybridized carbons (Fsp3) is 0.440. The smallest absolute Gasteiger partial charge is 0.244 e. The number of carbonyl (C=O) groups excluding carboxylic acids is 2. The first-order valence-corrected chi connectivity index (χ1v) is 13.6. The number of aryl methyl sites for hydroxylation is 1. The predicted molar refractivity (Wildman–Crippen MR) is 137 cm³/mol. The zero-order valence-corrected chi connectivity index (χ0v) is 22.0. The first-order chi connectivity index (χ1) is 16.0.